The third-order valence-corrected chi connectivity index (χ3v) is 3.87. The number of hydrogen-bond donors (Lipinski definition) is 1. The summed E-state index contributed by atoms with van der Waals surface area (Å²) in [5.41, 5.74) is 2.23. The molecule has 4 nitrogen and oxygen atoms in total. The number of aromatic nitrogens is 2. The first-order valence-corrected chi connectivity index (χ1v) is 7.42. The minimum atomic E-state index is 0.840. The molecule has 0 saturated carbocycles. The van der Waals surface area contributed by atoms with Gasteiger partial charge in [-0.15, -0.1) is 0 Å². The molecule has 0 radical (unpaired) electrons. The van der Waals surface area contributed by atoms with Gasteiger partial charge in [0.15, 0.2) is 0 Å². The second-order valence-corrected chi connectivity index (χ2v) is 5.26. The molecule has 0 spiro atoms. The lowest BCUT2D eigenvalue weighted by atomic mass is 10.3. The van der Waals surface area contributed by atoms with E-state index < -0.39 is 0 Å². The summed E-state index contributed by atoms with van der Waals surface area (Å²) in [6.45, 7) is 7.74. The number of aryl methyl sites for hydroxylation is 2. The van der Waals surface area contributed by atoms with E-state index in [0.29, 0.717) is 0 Å². The SMILES string of the molecule is CCCCOCCCNCc1c(Br)c(C)nn1C. The van der Waals surface area contributed by atoms with Crippen molar-refractivity contribution in [2.24, 2.45) is 7.05 Å². The van der Waals surface area contributed by atoms with Crippen LogP contribution < -0.4 is 5.32 Å². The van der Waals surface area contributed by atoms with Crippen molar-refractivity contribution < 1.29 is 4.74 Å². The molecule has 1 aromatic rings. The molecule has 0 bridgehead atoms. The molecular weight excluding hydrogens is 294 g/mol. The Labute approximate surface area is 118 Å². The van der Waals surface area contributed by atoms with Gasteiger partial charge in [0, 0.05) is 26.8 Å². The second kappa shape index (κ2) is 8.67. The monoisotopic (exact) mass is 317 g/mol. The van der Waals surface area contributed by atoms with Gasteiger partial charge in [-0.1, -0.05) is 13.3 Å². The lowest BCUT2D eigenvalue weighted by molar-refractivity contribution is 0.128. The van der Waals surface area contributed by atoms with Crippen LogP contribution in [0.5, 0.6) is 0 Å². The van der Waals surface area contributed by atoms with Crippen LogP contribution in [0, 0.1) is 6.92 Å². The zero-order valence-corrected chi connectivity index (χ0v) is 13.2. The van der Waals surface area contributed by atoms with E-state index in [-0.39, 0.29) is 0 Å². The van der Waals surface area contributed by atoms with Crippen LogP contribution in [0.3, 0.4) is 0 Å². The summed E-state index contributed by atoms with van der Waals surface area (Å²) in [7, 11) is 1.97. The number of halogens is 1. The Hall–Kier alpha value is -0.390. The van der Waals surface area contributed by atoms with Crippen molar-refractivity contribution in [3.63, 3.8) is 0 Å². The Morgan fingerprint density at radius 3 is 2.67 bits per heavy atom. The number of rotatable bonds is 9. The van der Waals surface area contributed by atoms with Crippen LogP contribution in [-0.2, 0) is 18.3 Å². The summed E-state index contributed by atoms with van der Waals surface area (Å²) in [6.07, 6.45) is 3.42. The first-order chi connectivity index (χ1) is 8.66. The van der Waals surface area contributed by atoms with Gasteiger partial charge in [0.05, 0.1) is 15.9 Å². The fraction of sp³-hybridized carbons (Fsp3) is 0.769. The van der Waals surface area contributed by atoms with Gasteiger partial charge in [-0.05, 0) is 42.2 Å². The lowest BCUT2D eigenvalue weighted by Crippen LogP contribution is -2.18. The van der Waals surface area contributed by atoms with Crippen molar-refractivity contribution >= 4 is 15.9 Å². The quantitative estimate of drug-likeness (QED) is 0.712. The van der Waals surface area contributed by atoms with E-state index in [4.69, 9.17) is 4.74 Å². The van der Waals surface area contributed by atoms with Crippen LogP contribution in [0.2, 0.25) is 0 Å². The van der Waals surface area contributed by atoms with Gasteiger partial charge >= 0.3 is 0 Å². The number of unbranched alkanes of at least 4 members (excludes halogenated alkanes) is 1. The standard InChI is InChI=1S/C13H24BrN3O/c1-4-5-8-18-9-6-7-15-10-12-13(14)11(2)16-17(12)3/h15H,4-10H2,1-3H3. The predicted octanol–water partition coefficient (Wildman–Crippen LogP) is 2.79. The van der Waals surface area contributed by atoms with Crippen molar-refractivity contribution in [1.82, 2.24) is 15.1 Å². The largest absolute Gasteiger partial charge is 0.381 e. The molecule has 1 rings (SSSR count). The van der Waals surface area contributed by atoms with Gasteiger partial charge in [-0.2, -0.15) is 5.10 Å². The maximum Gasteiger partial charge on any atom is 0.0739 e. The molecule has 0 aromatic carbocycles. The summed E-state index contributed by atoms with van der Waals surface area (Å²) in [5, 5.41) is 7.78. The van der Waals surface area contributed by atoms with Gasteiger partial charge in [-0.3, -0.25) is 4.68 Å². The van der Waals surface area contributed by atoms with Gasteiger partial charge in [0.1, 0.15) is 0 Å². The Balaban J connectivity index is 2.11. The van der Waals surface area contributed by atoms with Crippen LogP contribution in [0.25, 0.3) is 0 Å². The van der Waals surface area contributed by atoms with E-state index in [0.717, 1.165) is 49.3 Å². The molecule has 1 aromatic heterocycles. The lowest BCUT2D eigenvalue weighted by Gasteiger charge is -2.06. The first-order valence-electron chi connectivity index (χ1n) is 6.63. The van der Waals surface area contributed by atoms with Crippen molar-refractivity contribution in [1.29, 1.82) is 0 Å². The molecule has 1 heterocycles. The van der Waals surface area contributed by atoms with E-state index in [9.17, 15) is 0 Å². The molecule has 104 valence electrons. The van der Waals surface area contributed by atoms with E-state index >= 15 is 0 Å². The normalized spacial score (nSPS) is 11.1. The summed E-state index contributed by atoms with van der Waals surface area (Å²) >= 11 is 3.56. The predicted molar refractivity (Wildman–Crippen MR) is 77.7 cm³/mol. The minimum Gasteiger partial charge on any atom is -0.381 e. The van der Waals surface area contributed by atoms with E-state index in [2.05, 4.69) is 33.3 Å². The molecule has 0 aliphatic heterocycles. The fourth-order valence-electron chi connectivity index (χ4n) is 1.73. The topological polar surface area (TPSA) is 39.1 Å². The van der Waals surface area contributed by atoms with Crippen LogP contribution >= 0.6 is 15.9 Å². The van der Waals surface area contributed by atoms with E-state index in [1.54, 1.807) is 0 Å². The second-order valence-electron chi connectivity index (χ2n) is 4.47. The molecule has 18 heavy (non-hydrogen) atoms. The molecule has 0 saturated heterocycles. The average Bonchev–Trinajstić information content (AvgIpc) is 2.58. The third-order valence-electron chi connectivity index (χ3n) is 2.84. The van der Waals surface area contributed by atoms with Gasteiger partial charge in [-0.25, -0.2) is 0 Å². The van der Waals surface area contributed by atoms with Crippen molar-refractivity contribution in [2.45, 2.75) is 39.7 Å². The smallest absolute Gasteiger partial charge is 0.0739 e. The van der Waals surface area contributed by atoms with Crippen molar-refractivity contribution in [3.05, 3.63) is 15.9 Å². The highest BCUT2D eigenvalue weighted by Crippen LogP contribution is 2.19. The zero-order chi connectivity index (χ0) is 13.4. The van der Waals surface area contributed by atoms with Crippen LogP contribution in [0.4, 0.5) is 0 Å². The summed E-state index contributed by atoms with van der Waals surface area (Å²) < 4.78 is 8.54. The molecule has 0 aliphatic carbocycles. The Morgan fingerprint density at radius 2 is 2.06 bits per heavy atom. The number of hydrogen-bond acceptors (Lipinski definition) is 3. The molecule has 0 aliphatic rings. The maximum atomic E-state index is 5.51. The molecule has 0 atom stereocenters. The van der Waals surface area contributed by atoms with Gasteiger partial charge in [0.2, 0.25) is 0 Å². The highest BCUT2D eigenvalue weighted by molar-refractivity contribution is 9.10. The van der Waals surface area contributed by atoms with Gasteiger partial charge < -0.3 is 10.1 Å². The zero-order valence-electron chi connectivity index (χ0n) is 11.6. The summed E-state index contributed by atoms with van der Waals surface area (Å²) in [4.78, 5) is 0. The van der Waals surface area contributed by atoms with E-state index in [1.807, 2.05) is 18.7 Å². The highest BCUT2D eigenvalue weighted by atomic mass is 79.9. The summed E-state index contributed by atoms with van der Waals surface area (Å²) in [5.74, 6) is 0. The maximum absolute atomic E-state index is 5.51. The minimum absolute atomic E-state index is 0.840. The molecule has 1 N–H and O–H groups in total. The Morgan fingerprint density at radius 1 is 1.33 bits per heavy atom. The number of nitrogens with one attached hydrogen (secondary N) is 1. The fourth-order valence-corrected chi connectivity index (χ4v) is 2.20. The molecule has 0 unspecified atom stereocenters. The number of ether oxygens (including phenoxy) is 1. The molecular formula is C13H24BrN3O. The van der Waals surface area contributed by atoms with Crippen molar-refractivity contribution in [2.75, 3.05) is 19.8 Å². The Kier molecular flexibility index (Phi) is 7.54. The number of nitrogens with zero attached hydrogens (tertiary/aromatic N) is 2. The van der Waals surface area contributed by atoms with Crippen LogP contribution in [0.15, 0.2) is 4.47 Å². The van der Waals surface area contributed by atoms with E-state index in [1.165, 1.54) is 12.1 Å². The third kappa shape index (κ3) is 5.08. The van der Waals surface area contributed by atoms with Crippen molar-refractivity contribution in [3.8, 4) is 0 Å². The Bertz CT molecular complexity index is 352. The first kappa shape index (κ1) is 15.7. The average molecular weight is 318 g/mol. The van der Waals surface area contributed by atoms with Crippen LogP contribution in [-0.4, -0.2) is 29.5 Å². The summed E-state index contributed by atoms with van der Waals surface area (Å²) in [6, 6.07) is 0. The van der Waals surface area contributed by atoms with Gasteiger partial charge in [0.25, 0.3) is 0 Å². The molecule has 0 amide bonds. The van der Waals surface area contributed by atoms with Crippen LogP contribution in [0.1, 0.15) is 37.6 Å². The molecule has 0 fully saturated rings. The highest BCUT2D eigenvalue weighted by Gasteiger charge is 2.09. The molecule has 5 heteroatoms.